The molecule has 13 nitrogen and oxygen atoms in total. The molecule has 1 fully saturated rings. The average Bonchev–Trinajstić information content (AvgIpc) is 3.75. The number of ether oxygens (including phenoxy) is 2. The number of fused-ring (bicyclic) bond motifs is 7. The maximum Gasteiger partial charge on any atom is 0.258 e. The molecule has 0 saturated carbocycles. The molecule has 0 radical (unpaired) electrons. The Balaban J connectivity index is 1.25. The number of nitrogens with one attached hydrogen (secondary N) is 3. The second kappa shape index (κ2) is 14.5. The second-order valence-corrected chi connectivity index (χ2v) is 11.7. The lowest BCUT2D eigenvalue weighted by Crippen LogP contribution is -2.45. The number of hydrogen-bond donors (Lipinski definition) is 3. The number of carbonyl (C=O) groups excluding carboxylic acids is 4. The predicted octanol–water partition coefficient (Wildman–Crippen LogP) is 2.14. The first-order chi connectivity index (χ1) is 23.2. The molecule has 0 aliphatic carbocycles. The molecule has 7 rings (SSSR count). The van der Waals surface area contributed by atoms with Crippen molar-refractivity contribution in [2.75, 3.05) is 26.2 Å². The zero-order chi connectivity index (χ0) is 33.6. The molecule has 0 spiro atoms. The summed E-state index contributed by atoms with van der Waals surface area (Å²) >= 11 is 6.18. The summed E-state index contributed by atoms with van der Waals surface area (Å²) in [7, 11) is 0. The summed E-state index contributed by atoms with van der Waals surface area (Å²) in [5, 5.41) is 12.6. The fourth-order valence-electron chi connectivity index (χ4n) is 5.39. The zero-order valence-corrected chi connectivity index (χ0v) is 26.3. The van der Waals surface area contributed by atoms with Crippen molar-refractivity contribution in [2.45, 2.75) is 31.7 Å². The van der Waals surface area contributed by atoms with E-state index in [1.165, 1.54) is 54.0 Å². The molecule has 48 heavy (non-hydrogen) atoms. The maximum absolute atomic E-state index is 14.5. The van der Waals surface area contributed by atoms with Gasteiger partial charge in [0.25, 0.3) is 17.7 Å². The largest absolute Gasteiger partial charge is 0.486 e. The number of amides is 4. The molecule has 1 saturated heterocycles. The third-order valence-electron chi connectivity index (χ3n) is 7.92. The van der Waals surface area contributed by atoms with Gasteiger partial charge in [-0.25, -0.2) is 9.37 Å². The van der Waals surface area contributed by atoms with Gasteiger partial charge in [-0.3, -0.25) is 23.9 Å². The highest BCUT2D eigenvalue weighted by molar-refractivity contribution is 6.31. The van der Waals surface area contributed by atoms with Crippen molar-refractivity contribution in [3.05, 3.63) is 106 Å². The van der Waals surface area contributed by atoms with Gasteiger partial charge >= 0.3 is 0 Å². The van der Waals surface area contributed by atoms with E-state index in [4.69, 9.17) is 21.1 Å². The van der Waals surface area contributed by atoms with Gasteiger partial charge in [0.1, 0.15) is 36.1 Å². The fourth-order valence-corrected chi connectivity index (χ4v) is 5.62. The Bertz CT molecular complexity index is 1800. The van der Waals surface area contributed by atoms with Gasteiger partial charge in [-0.2, -0.15) is 5.10 Å². The Labute approximate surface area is 279 Å². The van der Waals surface area contributed by atoms with Crippen molar-refractivity contribution in [1.29, 1.82) is 0 Å². The van der Waals surface area contributed by atoms with E-state index in [9.17, 15) is 23.6 Å². The van der Waals surface area contributed by atoms with Crippen molar-refractivity contribution in [1.82, 2.24) is 35.6 Å². The second-order valence-electron chi connectivity index (χ2n) is 11.3. The van der Waals surface area contributed by atoms with E-state index in [-0.39, 0.29) is 72.6 Å². The minimum atomic E-state index is -0.680. The number of nitrogens with zero attached hydrogens (tertiary/aromatic N) is 4. The molecule has 4 amide bonds. The van der Waals surface area contributed by atoms with Crippen molar-refractivity contribution in [3.63, 3.8) is 0 Å². The standard InChI is InChI=1S/C33H31ClFN7O6/c34-26-2-1-3-27(35)25(26)13-31(44)41-15-28-29(16-41)48-23-6-4-20(5-7-23)14-38-30(43)17-47-24-11-21(10-22(12-24)33(46)40-28)32(45)37-8-9-42-19-36-18-39-42/h1-7,10-12,18-19,28-29H,8-9,13-17H2,(H,37,45)(H,38,43)(H,40,46)/t28-,29-/m0/s1. The molecule has 15 heteroatoms. The molecule has 2 atom stereocenters. The minimum Gasteiger partial charge on any atom is -0.486 e. The minimum absolute atomic E-state index is 0.0731. The summed E-state index contributed by atoms with van der Waals surface area (Å²) in [6.45, 7) is 0.667. The number of rotatable bonds is 6. The van der Waals surface area contributed by atoms with Crippen LogP contribution in [0.15, 0.2) is 73.3 Å². The fraction of sp³-hybridized carbons (Fsp3) is 0.273. The van der Waals surface area contributed by atoms with Gasteiger partial charge in [0.15, 0.2) is 6.61 Å². The lowest BCUT2D eigenvalue weighted by molar-refractivity contribution is -0.129. The van der Waals surface area contributed by atoms with E-state index in [1.807, 2.05) is 0 Å². The van der Waals surface area contributed by atoms with Gasteiger partial charge in [-0.1, -0.05) is 29.8 Å². The smallest absolute Gasteiger partial charge is 0.258 e. The predicted molar refractivity (Wildman–Crippen MR) is 170 cm³/mol. The van der Waals surface area contributed by atoms with Gasteiger partial charge in [-0.05, 0) is 48.0 Å². The van der Waals surface area contributed by atoms with Crippen LogP contribution in [0.4, 0.5) is 4.39 Å². The number of benzene rings is 3. The van der Waals surface area contributed by atoms with Gasteiger partial charge in [0, 0.05) is 41.3 Å². The van der Waals surface area contributed by atoms with Gasteiger partial charge in [0.2, 0.25) is 5.91 Å². The van der Waals surface area contributed by atoms with Crippen LogP contribution in [-0.2, 0) is 29.1 Å². The molecule has 3 aliphatic heterocycles. The van der Waals surface area contributed by atoms with Crippen LogP contribution in [0.25, 0.3) is 0 Å². The molecule has 4 heterocycles. The first-order valence-corrected chi connectivity index (χ1v) is 15.5. The number of carbonyl (C=O) groups is 4. The molecule has 4 aromatic rings. The first kappa shape index (κ1) is 32.4. The average molecular weight is 676 g/mol. The molecule has 248 valence electrons. The van der Waals surface area contributed by atoms with Crippen LogP contribution in [0.1, 0.15) is 31.8 Å². The Morgan fingerprint density at radius 3 is 2.67 bits per heavy atom. The van der Waals surface area contributed by atoms with Crippen molar-refractivity contribution < 1.29 is 33.0 Å². The van der Waals surface area contributed by atoms with Crippen LogP contribution in [0.3, 0.4) is 0 Å². The van der Waals surface area contributed by atoms with Crippen molar-refractivity contribution in [3.8, 4) is 11.5 Å². The Hall–Kier alpha value is -5.50. The van der Waals surface area contributed by atoms with E-state index in [1.54, 1.807) is 28.9 Å². The highest BCUT2D eigenvalue weighted by Crippen LogP contribution is 2.25. The molecule has 0 unspecified atom stereocenters. The van der Waals surface area contributed by atoms with Crippen LogP contribution in [0, 0.1) is 5.82 Å². The summed E-state index contributed by atoms with van der Waals surface area (Å²) in [6.07, 6.45) is 1.97. The molecule has 3 aliphatic rings. The molecule has 3 aromatic carbocycles. The third kappa shape index (κ3) is 7.89. The Kier molecular flexibility index (Phi) is 9.80. The molecule has 4 bridgehead atoms. The van der Waals surface area contributed by atoms with Gasteiger partial charge in [0.05, 0.1) is 25.6 Å². The van der Waals surface area contributed by atoms with E-state index in [0.717, 1.165) is 5.56 Å². The SMILES string of the molecule is O=C1COc2cc(C(=O)NCCn3cncn3)cc(c2)C(=O)N[C@H]2CN(C(=O)Cc3c(F)cccc3Cl)C[C@@H]2Oc2ccc(cc2)CN1. The molecule has 3 N–H and O–H groups in total. The first-order valence-electron chi connectivity index (χ1n) is 15.1. The van der Waals surface area contributed by atoms with E-state index >= 15 is 0 Å². The Morgan fingerprint density at radius 1 is 1.06 bits per heavy atom. The highest BCUT2D eigenvalue weighted by atomic mass is 35.5. The number of aromatic nitrogens is 3. The van der Waals surface area contributed by atoms with Gasteiger partial charge in [-0.15, -0.1) is 0 Å². The molecular weight excluding hydrogens is 645 g/mol. The van der Waals surface area contributed by atoms with E-state index in [2.05, 4.69) is 26.0 Å². The summed E-state index contributed by atoms with van der Waals surface area (Å²) in [5.41, 5.74) is 1.11. The topological polar surface area (TPSA) is 157 Å². The summed E-state index contributed by atoms with van der Waals surface area (Å²) < 4.78 is 28.0. The lowest BCUT2D eigenvalue weighted by Gasteiger charge is -2.21. The quantitative estimate of drug-likeness (QED) is 0.281. The monoisotopic (exact) mass is 675 g/mol. The number of halogens is 2. The van der Waals surface area contributed by atoms with Crippen molar-refractivity contribution in [2.24, 2.45) is 0 Å². The number of likely N-dealkylation sites (tertiary alicyclic amines) is 1. The lowest BCUT2D eigenvalue weighted by atomic mass is 10.1. The van der Waals surface area contributed by atoms with Crippen LogP contribution >= 0.6 is 11.6 Å². The van der Waals surface area contributed by atoms with Crippen molar-refractivity contribution >= 4 is 35.2 Å². The summed E-state index contributed by atoms with van der Waals surface area (Å²) in [6, 6.07) is 14.9. The van der Waals surface area contributed by atoms with E-state index < -0.39 is 35.7 Å². The van der Waals surface area contributed by atoms with E-state index in [0.29, 0.717) is 12.3 Å². The van der Waals surface area contributed by atoms with Crippen LogP contribution in [0.2, 0.25) is 5.02 Å². The van der Waals surface area contributed by atoms with Crippen LogP contribution < -0.4 is 25.4 Å². The van der Waals surface area contributed by atoms with Gasteiger partial charge < -0.3 is 30.3 Å². The normalized spacial score (nSPS) is 17.8. The van der Waals surface area contributed by atoms with Crippen LogP contribution in [0.5, 0.6) is 11.5 Å². The molecule has 1 aromatic heterocycles. The summed E-state index contributed by atoms with van der Waals surface area (Å²) in [5.74, 6) is -1.79. The Morgan fingerprint density at radius 2 is 1.90 bits per heavy atom. The highest BCUT2D eigenvalue weighted by Gasteiger charge is 2.38. The zero-order valence-electron chi connectivity index (χ0n) is 25.5. The third-order valence-corrected chi connectivity index (χ3v) is 8.27. The number of hydrogen-bond acceptors (Lipinski definition) is 8. The van der Waals surface area contributed by atoms with Crippen LogP contribution in [-0.4, -0.2) is 81.7 Å². The molecular formula is C33H31ClFN7O6. The maximum atomic E-state index is 14.5. The summed E-state index contributed by atoms with van der Waals surface area (Å²) in [4.78, 5) is 58.1.